The molecule has 43 heavy (non-hydrogen) atoms. The van der Waals surface area contributed by atoms with Crippen LogP contribution in [0.2, 0.25) is 0 Å². The lowest BCUT2D eigenvalue weighted by Gasteiger charge is -2.30. The molecular weight excluding hydrogens is 522 g/mol. The number of anilines is 2. The Labute approximate surface area is 248 Å². The van der Waals surface area contributed by atoms with Gasteiger partial charge in [0.25, 0.3) is 0 Å². The van der Waals surface area contributed by atoms with Crippen molar-refractivity contribution in [1.29, 1.82) is 0 Å². The van der Waals surface area contributed by atoms with Gasteiger partial charge in [0.05, 0.1) is 11.1 Å². The van der Waals surface area contributed by atoms with Crippen molar-refractivity contribution >= 4 is 44.1 Å². The number of furan rings is 1. The molecule has 10 rings (SSSR count). The van der Waals surface area contributed by atoms with Crippen LogP contribution in [0.3, 0.4) is 0 Å². The molecule has 8 aromatic rings. The van der Waals surface area contributed by atoms with E-state index >= 15 is 0 Å². The first-order valence-corrected chi connectivity index (χ1v) is 14.9. The quantitative estimate of drug-likeness (QED) is 0.233. The third-order valence-corrected chi connectivity index (χ3v) is 9.66. The summed E-state index contributed by atoms with van der Waals surface area (Å²) in [5.74, 6) is 0. The molecule has 0 bridgehead atoms. The molecule has 0 saturated heterocycles. The second-order valence-corrected chi connectivity index (χ2v) is 11.7. The van der Waals surface area contributed by atoms with Gasteiger partial charge in [-0.25, -0.2) is 0 Å². The highest BCUT2D eigenvalue weighted by atomic mass is 16.3. The molecule has 2 aliphatic carbocycles. The minimum Gasteiger partial charge on any atom is -0.454 e. The van der Waals surface area contributed by atoms with E-state index < -0.39 is 0 Å². The normalized spacial score (nSPS) is 13.8. The number of fused-ring (bicyclic) bond motifs is 15. The van der Waals surface area contributed by atoms with Crippen molar-refractivity contribution in [3.05, 3.63) is 168 Å². The predicted octanol–water partition coefficient (Wildman–Crippen LogP) is 10.8. The molecule has 0 aliphatic heterocycles. The van der Waals surface area contributed by atoms with Gasteiger partial charge in [0, 0.05) is 16.5 Å². The zero-order valence-electron chi connectivity index (χ0n) is 23.3. The number of rotatable bonds is 2. The van der Waals surface area contributed by atoms with E-state index in [0.717, 1.165) is 27.9 Å². The predicted molar refractivity (Wildman–Crippen MR) is 177 cm³/mol. The van der Waals surface area contributed by atoms with Crippen molar-refractivity contribution in [3.63, 3.8) is 0 Å². The summed E-state index contributed by atoms with van der Waals surface area (Å²) in [7, 11) is 0. The van der Waals surface area contributed by atoms with E-state index in [2.05, 4.69) is 151 Å². The Morgan fingerprint density at radius 1 is 0.465 bits per heavy atom. The van der Waals surface area contributed by atoms with Crippen LogP contribution >= 0.6 is 0 Å². The standard InChI is InChI=1S/C41H25NO/c1-2-11-27-25(10-1)20-23-38-39(27)31-15-9-19-37(40(31)43-38)42-26-21-22-36-32(24-26)30-14-5-8-18-35(30)41(36)33-16-6-3-12-28(33)29-13-4-7-17-34(29)41/h1-24,42H. The molecule has 200 valence electrons. The van der Waals surface area contributed by atoms with Crippen LogP contribution in [0.4, 0.5) is 11.4 Å². The fraction of sp³-hybridized carbons (Fsp3) is 0.0244. The Morgan fingerprint density at radius 2 is 1.07 bits per heavy atom. The second kappa shape index (κ2) is 8.24. The maximum Gasteiger partial charge on any atom is 0.158 e. The lowest BCUT2D eigenvalue weighted by molar-refractivity contribution is 0.670. The van der Waals surface area contributed by atoms with Crippen LogP contribution in [0.1, 0.15) is 22.3 Å². The molecule has 1 spiro atoms. The topological polar surface area (TPSA) is 25.2 Å². The van der Waals surface area contributed by atoms with Gasteiger partial charge in [0.1, 0.15) is 5.58 Å². The Kier molecular flexibility index (Phi) is 4.41. The molecule has 1 aromatic heterocycles. The molecule has 0 atom stereocenters. The highest BCUT2D eigenvalue weighted by Gasteiger charge is 2.51. The Morgan fingerprint density at radius 3 is 1.81 bits per heavy atom. The zero-order valence-corrected chi connectivity index (χ0v) is 23.3. The number of para-hydroxylation sites is 1. The van der Waals surface area contributed by atoms with Crippen molar-refractivity contribution < 1.29 is 4.42 Å². The molecule has 0 fully saturated rings. The molecule has 0 amide bonds. The number of nitrogens with one attached hydrogen (secondary N) is 1. The Balaban J connectivity index is 1.17. The van der Waals surface area contributed by atoms with Crippen LogP contribution in [-0.2, 0) is 5.41 Å². The van der Waals surface area contributed by atoms with E-state index in [1.54, 1.807) is 0 Å². The second-order valence-electron chi connectivity index (χ2n) is 11.7. The minimum atomic E-state index is -0.322. The first kappa shape index (κ1) is 23.0. The van der Waals surface area contributed by atoms with Gasteiger partial charge in [-0.3, -0.25) is 0 Å². The average Bonchev–Trinajstić information content (AvgIpc) is 3.70. The molecule has 2 nitrogen and oxygen atoms in total. The molecule has 2 heteroatoms. The van der Waals surface area contributed by atoms with Gasteiger partial charge in [-0.15, -0.1) is 0 Å². The number of hydrogen-bond acceptors (Lipinski definition) is 2. The van der Waals surface area contributed by atoms with Gasteiger partial charge in [0.15, 0.2) is 5.58 Å². The maximum atomic E-state index is 6.50. The molecule has 0 unspecified atom stereocenters. The van der Waals surface area contributed by atoms with Gasteiger partial charge in [-0.05, 0) is 79.5 Å². The van der Waals surface area contributed by atoms with Crippen molar-refractivity contribution in [2.75, 3.05) is 5.32 Å². The van der Waals surface area contributed by atoms with E-state index in [1.807, 2.05) is 0 Å². The zero-order chi connectivity index (χ0) is 28.1. The van der Waals surface area contributed by atoms with Gasteiger partial charge < -0.3 is 9.73 Å². The van der Waals surface area contributed by atoms with E-state index in [9.17, 15) is 0 Å². The van der Waals surface area contributed by atoms with Gasteiger partial charge in [0.2, 0.25) is 0 Å². The molecule has 7 aromatic carbocycles. The fourth-order valence-corrected chi connectivity index (χ4v) is 8.00. The monoisotopic (exact) mass is 547 g/mol. The first-order valence-electron chi connectivity index (χ1n) is 14.9. The van der Waals surface area contributed by atoms with E-state index in [-0.39, 0.29) is 5.41 Å². The van der Waals surface area contributed by atoms with Crippen LogP contribution in [0.15, 0.2) is 150 Å². The van der Waals surface area contributed by atoms with Crippen LogP contribution in [0.25, 0.3) is 55.0 Å². The van der Waals surface area contributed by atoms with E-state index in [0.29, 0.717) is 0 Å². The largest absolute Gasteiger partial charge is 0.454 e. The van der Waals surface area contributed by atoms with Gasteiger partial charge in [-0.2, -0.15) is 0 Å². The minimum absolute atomic E-state index is 0.322. The Hall–Kier alpha value is -5.60. The van der Waals surface area contributed by atoms with Gasteiger partial charge in [-0.1, -0.05) is 121 Å². The summed E-state index contributed by atoms with van der Waals surface area (Å²) in [6.45, 7) is 0. The van der Waals surface area contributed by atoms with Gasteiger partial charge >= 0.3 is 0 Å². The molecule has 1 heterocycles. The molecule has 0 radical (unpaired) electrons. The summed E-state index contributed by atoms with van der Waals surface area (Å²) in [6.07, 6.45) is 0. The third-order valence-electron chi connectivity index (χ3n) is 9.66. The smallest absolute Gasteiger partial charge is 0.158 e. The fourth-order valence-electron chi connectivity index (χ4n) is 8.00. The van der Waals surface area contributed by atoms with Crippen LogP contribution in [0.5, 0.6) is 0 Å². The third kappa shape index (κ3) is 2.88. The Bertz CT molecular complexity index is 2400. The SMILES string of the molecule is c1ccc2c(c1)-c1ccccc1C21c2ccccc2-c2cc(Nc3cccc4c3oc3ccc5ccccc5c34)ccc21. The van der Waals surface area contributed by atoms with Crippen molar-refractivity contribution in [2.45, 2.75) is 5.41 Å². The van der Waals surface area contributed by atoms with Crippen LogP contribution < -0.4 is 5.32 Å². The lowest BCUT2D eigenvalue weighted by atomic mass is 9.70. The maximum absolute atomic E-state index is 6.50. The summed E-state index contributed by atoms with van der Waals surface area (Å²) in [5, 5.41) is 8.47. The summed E-state index contributed by atoms with van der Waals surface area (Å²) in [4.78, 5) is 0. The van der Waals surface area contributed by atoms with E-state index in [1.165, 1.54) is 60.7 Å². The molecular formula is C41H25NO. The lowest BCUT2D eigenvalue weighted by Crippen LogP contribution is -2.25. The summed E-state index contributed by atoms with van der Waals surface area (Å²) >= 11 is 0. The summed E-state index contributed by atoms with van der Waals surface area (Å²) in [5.41, 5.74) is 14.1. The average molecular weight is 548 g/mol. The number of benzene rings is 7. The van der Waals surface area contributed by atoms with E-state index in [4.69, 9.17) is 4.42 Å². The number of hydrogen-bond donors (Lipinski definition) is 1. The van der Waals surface area contributed by atoms with Crippen LogP contribution in [0, 0.1) is 0 Å². The summed E-state index contributed by atoms with van der Waals surface area (Å²) in [6, 6.07) is 52.8. The van der Waals surface area contributed by atoms with Crippen molar-refractivity contribution in [3.8, 4) is 22.3 Å². The van der Waals surface area contributed by atoms with Crippen LogP contribution in [-0.4, -0.2) is 0 Å². The highest BCUT2D eigenvalue weighted by molar-refractivity contribution is 6.20. The summed E-state index contributed by atoms with van der Waals surface area (Å²) < 4.78 is 6.50. The van der Waals surface area contributed by atoms with Crippen molar-refractivity contribution in [2.24, 2.45) is 0 Å². The molecule has 2 aliphatic rings. The molecule has 0 saturated carbocycles. The first-order chi connectivity index (χ1) is 21.3. The van der Waals surface area contributed by atoms with Crippen molar-refractivity contribution in [1.82, 2.24) is 0 Å². The molecule has 1 N–H and O–H groups in total. The highest BCUT2D eigenvalue weighted by Crippen LogP contribution is 2.62.